The summed E-state index contributed by atoms with van der Waals surface area (Å²) < 4.78 is 0. The first-order chi connectivity index (χ1) is 7.68. The highest BCUT2D eigenvalue weighted by Gasteiger charge is 2.04. The zero-order valence-corrected chi connectivity index (χ0v) is 11.1. The normalized spacial score (nSPS) is 9.76. The summed E-state index contributed by atoms with van der Waals surface area (Å²) in [6.07, 6.45) is 0.980. The molecule has 0 heterocycles. The summed E-state index contributed by atoms with van der Waals surface area (Å²) in [5, 5.41) is 0. The molecule has 1 nitrogen and oxygen atoms in total. The van der Waals surface area contributed by atoms with Gasteiger partial charge in [0.15, 0.2) is 0 Å². The van der Waals surface area contributed by atoms with E-state index in [9.17, 15) is 0 Å². The summed E-state index contributed by atoms with van der Waals surface area (Å²) in [6.45, 7) is 4.23. The lowest BCUT2D eigenvalue weighted by Gasteiger charge is -2.11. The SMILES string of the molecule is Cc1c(N)ccc(Cc2ccccc2)c1C.Cl. The molecule has 0 saturated heterocycles. The van der Waals surface area contributed by atoms with Crippen LogP contribution in [-0.4, -0.2) is 0 Å². The molecule has 0 unspecified atom stereocenters. The van der Waals surface area contributed by atoms with Gasteiger partial charge in [-0.1, -0.05) is 36.4 Å². The largest absolute Gasteiger partial charge is 0.399 e. The monoisotopic (exact) mass is 247 g/mol. The summed E-state index contributed by atoms with van der Waals surface area (Å²) in [4.78, 5) is 0. The second-order valence-electron chi connectivity index (χ2n) is 4.23. The Hall–Kier alpha value is -1.47. The third-order valence-electron chi connectivity index (χ3n) is 3.18. The van der Waals surface area contributed by atoms with Gasteiger partial charge in [-0.15, -0.1) is 12.4 Å². The first kappa shape index (κ1) is 13.6. The van der Waals surface area contributed by atoms with Gasteiger partial charge in [-0.25, -0.2) is 0 Å². The van der Waals surface area contributed by atoms with E-state index in [1.165, 1.54) is 22.3 Å². The van der Waals surface area contributed by atoms with Gasteiger partial charge in [0, 0.05) is 5.69 Å². The summed E-state index contributed by atoms with van der Waals surface area (Å²) in [6, 6.07) is 14.6. The zero-order chi connectivity index (χ0) is 11.5. The van der Waals surface area contributed by atoms with Gasteiger partial charge >= 0.3 is 0 Å². The van der Waals surface area contributed by atoms with E-state index in [2.05, 4.69) is 44.2 Å². The Morgan fingerprint density at radius 3 is 2.18 bits per heavy atom. The fourth-order valence-corrected chi connectivity index (χ4v) is 1.90. The van der Waals surface area contributed by atoms with Gasteiger partial charge in [0.25, 0.3) is 0 Å². The van der Waals surface area contributed by atoms with Crippen LogP contribution < -0.4 is 5.73 Å². The van der Waals surface area contributed by atoms with Gasteiger partial charge in [0.1, 0.15) is 0 Å². The van der Waals surface area contributed by atoms with E-state index in [-0.39, 0.29) is 12.4 Å². The lowest BCUT2D eigenvalue weighted by Crippen LogP contribution is -1.98. The minimum atomic E-state index is 0. The highest BCUT2D eigenvalue weighted by molar-refractivity contribution is 5.85. The van der Waals surface area contributed by atoms with Crippen LogP contribution in [-0.2, 0) is 6.42 Å². The number of hydrogen-bond acceptors (Lipinski definition) is 1. The molecule has 90 valence electrons. The highest BCUT2D eigenvalue weighted by atomic mass is 35.5. The number of nitrogens with two attached hydrogens (primary N) is 1. The molecule has 0 radical (unpaired) electrons. The van der Waals surface area contributed by atoms with Crippen molar-refractivity contribution in [3.05, 3.63) is 64.7 Å². The molecule has 0 aromatic heterocycles. The molecule has 0 aliphatic rings. The van der Waals surface area contributed by atoms with Crippen molar-refractivity contribution in [3.63, 3.8) is 0 Å². The molecular weight excluding hydrogens is 230 g/mol. The van der Waals surface area contributed by atoms with E-state index >= 15 is 0 Å². The number of hydrogen-bond donors (Lipinski definition) is 1. The molecular formula is C15H18ClN. The van der Waals surface area contributed by atoms with E-state index in [0.717, 1.165) is 12.1 Å². The van der Waals surface area contributed by atoms with Gasteiger partial charge < -0.3 is 5.73 Å². The molecule has 2 aromatic rings. The van der Waals surface area contributed by atoms with Crippen molar-refractivity contribution in [2.24, 2.45) is 0 Å². The first-order valence-electron chi connectivity index (χ1n) is 5.57. The Balaban J connectivity index is 0.00000144. The second-order valence-corrected chi connectivity index (χ2v) is 4.23. The Kier molecular flexibility index (Phi) is 4.59. The van der Waals surface area contributed by atoms with Crippen LogP contribution >= 0.6 is 12.4 Å². The van der Waals surface area contributed by atoms with Crippen molar-refractivity contribution < 1.29 is 0 Å². The fraction of sp³-hybridized carbons (Fsp3) is 0.200. The smallest absolute Gasteiger partial charge is 0.0346 e. The van der Waals surface area contributed by atoms with Gasteiger partial charge in [-0.2, -0.15) is 0 Å². The molecule has 0 aliphatic heterocycles. The van der Waals surface area contributed by atoms with Crippen LogP contribution in [0.15, 0.2) is 42.5 Å². The van der Waals surface area contributed by atoms with E-state index < -0.39 is 0 Å². The van der Waals surface area contributed by atoms with Gasteiger partial charge in [0.2, 0.25) is 0 Å². The number of nitrogen functional groups attached to an aromatic ring is 1. The number of anilines is 1. The Morgan fingerprint density at radius 1 is 0.882 bits per heavy atom. The topological polar surface area (TPSA) is 26.0 Å². The molecule has 2 heteroatoms. The zero-order valence-electron chi connectivity index (χ0n) is 10.2. The van der Waals surface area contributed by atoms with E-state index in [1.807, 2.05) is 12.1 Å². The lowest BCUT2D eigenvalue weighted by molar-refractivity contribution is 1.14. The quantitative estimate of drug-likeness (QED) is 0.801. The Bertz CT molecular complexity index is 492. The molecule has 0 spiro atoms. The van der Waals surface area contributed by atoms with Crippen LogP contribution in [0.25, 0.3) is 0 Å². The minimum Gasteiger partial charge on any atom is -0.399 e. The standard InChI is InChI=1S/C15H17N.ClH/c1-11-12(2)15(16)9-8-14(11)10-13-6-4-3-5-7-13;/h3-9H,10,16H2,1-2H3;1H. The molecule has 0 aliphatic carbocycles. The second kappa shape index (κ2) is 5.74. The van der Waals surface area contributed by atoms with Crippen molar-refractivity contribution in [1.29, 1.82) is 0 Å². The van der Waals surface area contributed by atoms with Crippen molar-refractivity contribution in [2.75, 3.05) is 5.73 Å². The predicted octanol–water partition coefficient (Wildman–Crippen LogP) is 3.90. The van der Waals surface area contributed by atoms with Crippen LogP contribution in [0.4, 0.5) is 5.69 Å². The summed E-state index contributed by atoms with van der Waals surface area (Å²) >= 11 is 0. The van der Waals surface area contributed by atoms with Crippen molar-refractivity contribution in [3.8, 4) is 0 Å². The number of halogens is 1. The molecule has 0 saturated carbocycles. The van der Waals surface area contributed by atoms with E-state index in [1.54, 1.807) is 0 Å². The maximum atomic E-state index is 5.88. The summed E-state index contributed by atoms with van der Waals surface area (Å²) in [5.41, 5.74) is 12.0. The first-order valence-corrected chi connectivity index (χ1v) is 5.57. The fourth-order valence-electron chi connectivity index (χ4n) is 1.90. The van der Waals surface area contributed by atoms with E-state index in [0.29, 0.717) is 0 Å². The molecule has 2 aromatic carbocycles. The molecule has 0 fully saturated rings. The molecule has 17 heavy (non-hydrogen) atoms. The third kappa shape index (κ3) is 3.01. The summed E-state index contributed by atoms with van der Waals surface area (Å²) in [7, 11) is 0. The van der Waals surface area contributed by atoms with Crippen LogP contribution in [0.3, 0.4) is 0 Å². The third-order valence-corrected chi connectivity index (χ3v) is 3.18. The van der Waals surface area contributed by atoms with Crippen LogP contribution in [0, 0.1) is 13.8 Å². The van der Waals surface area contributed by atoms with Crippen molar-refractivity contribution in [1.82, 2.24) is 0 Å². The average Bonchev–Trinajstić information content (AvgIpc) is 2.31. The highest BCUT2D eigenvalue weighted by Crippen LogP contribution is 2.21. The van der Waals surface area contributed by atoms with E-state index in [4.69, 9.17) is 5.73 Å². The Morgan fingerprint density at radius 2 is 1.53 bits per heavy atom. The van der Waals surface area contributed by atoms with Crippen LogP contribution in [0.2, 0.25) is 0 Å². The number of benzene rings is 2. The maximum Gasteiger partial charge on any atom is 0.0346 e. The van der Waals surface area contributed by atoms with Crippen molar-refractivity contribution in [2.45, 2.75) is 20.3 Å². The average molecular weight is 248 g/mol. The van der Waals surface area contributed by atoms with Crippen molar-refractivity contribution >= 4 is 18.1 Å². The molecule has 0 atom stereocenters. The minimum absolute atomic E-state index is 0. The van der Waals surface area contributed by atoms with Crippen LogP contribution in [0.5, 0.6) is 0 Å². The predicted molar refractivity (Wildman–Crippen MR) is 76.8 cm³/mol. The molecule has 0 bridgehead atoms. The lowest BCUT2D eigenvalue weighted by atomic mass is 9.96. The van der Waals surface area contributed by atoms with Gasteiger partial charge in [0.05, 0.1) is 0 Å². The summed E-state index contributed by atoms with van der Waals surface area (Å²) in [5.74, 6) is 0. The van der Waals surface area contributed by atoms with Gasteiger partial charge in [-0.05, 0) is 48.6 Å². The molecule has 2 N–H and O–H groups in total. The maximum absolute atomic E-state index is 5.88. The Labute approximate surface area is 109 Å². The molecule has 0 amide bonds. The molecule has 2 rings (SSSR count). The number of rotatable bonds is 2. The van der Waals surface area contributed by atoms with Gasteiger partial charge in [-0.3, -0.25) is 0 Å². The van der Waals surface area contributed by atoms with Crippen LogP contribution in [0.1, 0.15) is 22.3 Å².